The van der Waals surface area contributed by atoms with E-state index in [4.69, 9.17) is 0 Å². The van der Waals surface area contributed by atoms with Gasteiger partial charge in [-0.3, -0.25) is 4.79 Å². The Hall–Kier alpha value is -3.55. The van der Waals surface area contributed by atoms with Gasteiger partial charge in [0.15, 0.2) is 0 Å². The second-order valence-electron chi connectivity index (χ2n) is 9.19. The molecule has 2 aliphatic rings. The van der Waals surface area contributed by atoms with Crippen molar-refractivity contribution in [1.29, 1.82) is 0 Å². The molecule has 0 unspecified atom stereocenters. The molecule has 1 N–H and O–H groups in total. The average molecular weight is 484 g/mol. The van der Waals surface area contributed by atoms with Crippen LogP contribution in [0, 0.1) is 18.7 Å². The topological polar surface area (TPSA) is 35.6 Å². The van der Waals surface area contributed by atoms with Crippen molar-refractivity contribution in [3.8, 4) is 0 Å². The van der Waals surface area contributed by atoms with Crippen LogP contribution >= 0.6 is 0 Å². The van der Waals surface area contributed by atoms with E-state index < -0.39 is 23.5 Å². The average Bonchev–Trinajstić information content (AvgIpc) is 2.84. The minimum absolute atomic E-state index is 0.190. The van der Waals surface area contributed by atoms with Gasteiger partial charge in [-0.15, -0.1) is 0 Å². The Kier molecular flexibility index (Phi) is 5.91. The van der Waals surface area contributed by atoms with E-state index in [1.807, 2.05) is 31.2 Å². The van der Waals surface area contributed by atoms with E-state index in [1.165, 1.54) is 30.3 Å². The number of amides is 1. The Bertz CT molecular complexity index is 1220. The van der Waals surface area contributed by atoms with E-state index >= 15 is 0 Å². The van der Waals surface area contributed by atoms with E-state index in [2.05, 4.69) is 15.1 Å². The zero-order valence-corrected chi connectivity index (χ0v) is 19.1. The van der Waals surface area contributed by atoms with Gasteiger partial charge in [-0.05, 0) is 73.5 Å². The first-order chi connectivity index (χ1) is 16.7. The van der Waals surface area contributed by atoms with E-state index in [9.17, 15) is 22.4 Å². The summed E-state index contributed by atoms with van der Waals surface area (Å²) in [5.74, 6) is -1.29. The summed E-state index contributed by atoms with van der Waals surface area (Å²) in [5, 5.41) is 2.84. The molecule has 0 saturated carbocycles. The Labute approximate surface area is 201 Å². The quantitative estimate of drug-likeness (QED) is 0.489. The number of anilines is 3. The molecule has 4 nitrogen and oxygen atoms in total. The highest BCUT2D eigenvalue weighted by atomic mass is 19.4. The number of hydrogen-bond donors (Lipinski definition) is 1. The number of benzene rings is 3. The van der Waals surface area contributed by atoms with Crippen molar-refractivity contribution in [2.45, 2.75) is 25.6 Å². The molecule has 0 aliphatic carbocycles. The van der Waals surface area contributed by atoms with E-state index in [0.29, 0.717) is 30.9 Å². The number of aryl methyl sites for hydroxylation is 1. The number of fused-ring (bicyclic) bond motifs is 3. The molecule has 3 aromatic rings. The molecule has 2 heterocycles. The maximum Gasteiger partial charge on any atom is 0.416 e. The molecule has 0 radical (unpaired) electrons. The number of carbonyl (C=O) groups is 1. The van der Waals surface area contributed by atoms with Crippen LogP contribution in [0.4, 0.5) is 34.6 Å². The molecule has 3 aromatic carbocycles. The van der Waals surface area contributed by atoms with Crippen LogP contribution in [0.2, 0.25) is 0 Å². The zero-order chi connectivity index (χ0) is 24.7. The van der Waals surface area contributed by atoms with E-state index in [1.54, 1.807) is 0 Å². The number of rotatable bonds is 3. The van der Waals surface area contributed by atoms with Crippen molar-refractivity contribution in [1.82, 2.24) is 0 Å². The number of nitrogens with zero attached hydrogens (tertiary/aromatic N) is 2. The van der Waals surface area contributed by atoms with Gasteiger partial charge in [0, 0.05) is 36.7 Å². The lowest BCUT2D eigenvalue weighted by Crippen LogP contribution is -2.60. The molecule has 0 aromatic heterocycles. The summed E-state index contributed by atoms with van der Waals surface area (Å²) in [6.45, 7) is 3.85. The number of alkyl halides is 3. The summed E-state index contributed by atoms with van der Waals surface area (Å²) in [6.07, 6.45) is -4.27. The van der Waals surface area contributed by atoms with E-state index in [-0.39, 0.29) is 18.4 Å². The van der Waals surface area contributed by atoms with Crippen molar-refractivity contribution in [3.63, 3.8) is 0 Å². The third kappa shape index (κ3) is 4.70. The minimum Gasteiger partial charge on any atom is -0.368 e. The molecular weight excluding hydrogens is 458 g/mol. The lowest BCUT2D eigenvalue weighted by atomic mass is 9.82. The highest BCUT2D eigenvalue weighted by Crippen LogP contribution is 2.40. The molecule has 0 bridgehead atoms. The molecule has 35 heavy (non-hydrogen) atoms. The van der Waals surface area contributed by atoms with Crippen LogP contribution in [0.25, 0.3) is 0 Å². The molecule has 8 heteroatoms. The molecule has 2 aliphatic heterocycles. The van der Waals surface area contributed by atoms with Crippen LogP contribution in [0.15, 0.2) is 66.7 Å². The maximum atomic E-state index is 13.4. The maximum absolute atomic E-state index is 13.4. The number of nitrogens with one attached hydrogen (secondary N) is 1. The third-order valence-corrected chi connectivity index (χ3v) is 6.89. The van der Waals surface area contributed by atoms with Crippen molar-refractivity contribution in [3.05, 3.63) is 89.2 Å². The first-order valence-corrected chi connectivity index (χ1v) is 11.5. The smallest absolute Gasteiger partial charge is 0.368 e. The molecule has 182 valence electrons. The lowest BCUT2D eigenvalue weighted by molar-refractivity contribution is -0.137. The largest absolute Gasteiger partial charge is 0.416 e. The molecule has 1 fully saturated rings. The second-order valence-corrected chi connectivity index (χ2v) is 9.19. The van der Waals surface area contributed by atoms with Gasteiger partial charge in [0.2, 0.25) is 5.91 Å². The fourth-order valence-electron chi connectivity index (χ4n) is 5.06. The Morgan fingerprint density at radius 2 is 1.69 bits per heavy atom. The molecule has 2 atom stereocenters. The summed E-state index contributed by atoms with van der Waals surface area (Å²) >= 11 is 0. The molecule has 1 amide bonds. The van der Waals surface area contributed by atoms with Gasteiger partial charge in [-0.2, -0.15) is 13.2 Å². The number of carbonyl (C=O) groups excluding carboxylic acids is 1. The van der Waals surface area contributed by atoms with E-state index in [0.717, 1.165) is 29.1 Å². The zero-order valence-electron chi connectivity index (χ0n) is 19.1. The molecule has 1 saturated heterocycles. The van der Waals surface area contributed by atoms with Crippen molar-refractivity contribution >= 4 is 23.0 Å². The van der Waals surface area contributed by atoms with Gasteiger partial charge in [0.05, 0.1) is 17.5 Å². The van der Waals surface area contributed by atoms with Gasteiger partial charge >= 0.3 is 6.18 Å². The van der Waals surface area contributed by atoms with Crippen LogP contribution in [0.5, 0.6) is 0 Å². The number of hydrogen-bond acceptors (Lipinski definition) is 3. The molecular formula is C27H25F4N3O. The van der Waals surface area contributed by atoms with Crippen LogP contribution < -0.4 is 15.1 Å². The summed E-state index contributed by atoms with van der Waals surface area (Å²) in [5.41, 5.74) is 3.19. The minimum atomic E-state index is -4.46. The van der Waals surface area contributed by atoms with Gasteiger partial charge in [0.1, 0.15) is 5.82 Å². The summed E-state index contributed by atoms with van der Waals surface area (Å²) in [6, 6.07) is 17.2. The van der Waals surface area contributed by atoms with Crippen molar-refractivity contribution < 1.29 is 22.4 Å². The highest BCUT2D eigenvalue weighted by molar-refractivity contribution is 5.94. The summed E-state index contributed by atoms with van der Waals surface area (Å²) in [7, 11) is 0. The van der Waals surface area contributed by atoms with Crippen molar-refractivity contribution in [2.75, 3.05) is 34.8 Å². The number of piperazine rings is 1. The van der Waals surface area contributed by atoms with Crippen LogP contribution in [-0.4, -0.2) is 31.6 Å². The molecule has 5 rings (SSSR count). The Morgan fingerprint density at radius 1 is 0.971 bits per heavy atom. The van der Waals surface area contributed by atoms with Crippen LogP contribution in [-0.2, 0) is 17.4 Å². The SMILES string of the molecule is Cc1ccc(N2CCN3c4ccc(C(F)(F)F)cc4C[C@@H](C(=O)Nc4ccc(F)cc4)[C@@H]3C2)cc1. The molecule has 0 spiro atoms. The van der Waals surface area contributed by atoms with Gasteiger partial charge < -0.3 is 15.1 Å². The van der Waals surface area contributed by atoms with Crippen molar-refractivity contribution in [2.24, 2.45) is 5.92 Å². The Balaban J connectivity index is 1.48. The first-order valence-electron chi connectivity index (χ1n) is 11.5. The standard InChI is InChI=1S/C27H25F4N3O/c1-17-2-9-22(10-3-17)33-12-13-34-24-11-4-19(27(29,30)31)14-18(24)15-23(25(34)16-33)26(35)32-21-7-5-20(28)6-8-21/h2-11,14,23,25H,12-13,15-16H2,1H3,(H,32,35)/t23-,25+/m1/s1. The normalized spacial score (nSPS) is 19.7. The van der Waals surface area contributed by atoms with Crippen LogP contribution in [0.3, 0.4) is 0 Å². The summed E-state index contributed by atoms with van der Waals surface area (Å²) < 4.78 is 53.5. The van der Waals surface area contributed by atoms with Gasteiger partial charge in [-0.1, -0.05) is 17.7 Å². The van der Waals surface area contributed by atoms with Gasteiger partial charge in [-0.25, -0.2) is 4.39 Å². The monoisotopic (exact) mass is 483 g/mol. The number of halogens is 4. The summed E-state index contributed by atoms with van der Waals surface area (Å²) in [4.78, 5) is 17.7. The second kappa shape index (κ2) is 8.91. The Morgan fingerprint density at radius 3 is 2.37 bits per heavy atom. The fraction of sp³-hybridized carbons (Fsp3) is 0.296. The first kappa shape index (κ1) is 23.2. The highest BCUT2D eigenvalue weighted by Gasteiger charge is 2.42. The fourth-order valence-corrected chi connectivity index (χ4v) is 5.06. The third-order valence-electron chi connectivity index (χ3n) is 6.89. The van der Waals surface area contributed by atoms with Gasteiger partial charge in [0.25, 0.3) is 0 Å². The predicted octanol–water partition coefficient (Wildman–Crippen LogP) is 5.66. The predicted molar refractivity (Wildman–Crippen MR) is 128 cm³/mol. The lowest BCUT2D eigenvalue weighted by Gasteiger charge is -2.49. The van der Waals surface area contributed by atoms with Crippen LogP contribution in [0.1, 0.15) is 16.7 Å².